The zero-order valence-corrected chi connectivity index (χ0v) is 22.5. The lowest BCUT2D eigenvalue weighted by atomic mass is 10.1. The Hall–Kier alpha value is -4.51. The number of rotatable bonds is 5. The Morgan fingerprint density at radius 3 is 2.67 bits per heavy atom. The number of anilines is 3. The van der Waals surface area contributed by atoms with Gasteiger partial charge in [0.05, 0.1) is 25.2 Å². The number of nitrogens with zero attached hydrogens (tertiary/aromatic N) is 8. The molecule has 40 heavy (non-hydrogen) atoms. The largest absolute Gasteiger partial charge is 0.398 e. The van der Waals surface area contributed by atoms with E-state index in [-0.39, 0.29) is 18.5 Å². The van der Waals surface area contributed by atoms with Crippen molar-refractivity contribution in [2.24, 2.45) is 10.7 Å². The molecule has 0 radical (unpaired) electrons. The molecule has 1 atom stereocenters. The second-order valence-corrected chi connectivity index (χ2v) is 10.7. The fourth-order valence-corrected chi connectivity index (χ4v) is 5.99. The summed E-state index contributed by atoms with van der Waals surface area (Å²) in [6.45, 7) is 5.34. The average Bonchev–Trinajstić information content (AvgIpc) is 3.58. The van der Waals surface area contributed by atoms with Gasteiger partial charge in [-0.3, -0.25) is 24.2 Å². The van der Waals surface area contributed by atoms with Gasteiger partial charge in [0.15, 0.2) is 11.5 Å². The predicted molar refractivity (Wildman–Crippen MR) is 155 cm³/mol. The summed E-state index contributed by atoms with van der Waals surface area (Å²) in [6.07, 6.45) is 1.95. The summed E-state index contributed by atoms with van der Waals surface area (Å²) in [5.41, 5.74) is 16.6. The molecule has 1 amide bonds. The first-order chi connectivity index (χ1) is 19.5. The molecule has 0 unspecified atom stereocenters. The first-order valence-electron chi connectivity index (χ1n) is 13.8. The Labute approximate surface area is 232 Å². The minimum atomic E-state index is -0.170. The molecule has 0 spiro atoms. The van der Waals surface area contributed by atoms with Crippen molar-refractivity contribution in [1.82, 2.24) is 24.4 Å². The van der Waals surface area contributed by atoms with Crippen LogP contribution in [0.25, 0.3) is 10.9 Å². The van der Waals surface area contributed by atoms with Crippen LogP contribution in [0, 0.1) is 6.92 Å². The molecule has 204 valence electrons. The Morgan fingerprint density at radius 2 is 1.82 bits per heavy atom. The minimum Gasteiger partial charge on any atom is -0.398 e. The van der Waals surface area contributed by atoms with Crippen LogP contribution in [-0.2, 0) is 13.1 Å². The highest BCUT2D eigenvalue weighted by molar-refractivity contribution is 6.18. The van der Waals surface area contributed by atoms with Crippen molar-refractivity contribution in [3.63, 3.8) is 0 Å². The van der Waals surface area contributed by atoms with Crippen LogP contribution in [0.5, 0.6) is 0 Å². The normalized spacial score (nSPS) is 18.8. The lowest BCUT2D eigenvalue weighted by molar-refractivity contribution is 0.0820. The van der Waals surface area contributed by atoms with E-state index in [1.54, 1.807) is 4.90 Å². The van der Waals surface area contributed by atoms with Crippen LogP contribution in [0.15, 0.2) is 53.5 Å². The number of imidazole rings is 1. The minimum absolute atomic E-state index is 0.0575. The van der Waals surface area contributed by atoms with E-state index in [0.717, 1.165) is 47.5 Å². The molecule has 0 saturated carbocycles. The zero-order chi connectivity index (χ0) is 27.4. The number of piperidine rings is 1. The Kier molecular flexibility index (Phi) is 5.88. The third-order valence-electron chi connectivity index (χ3n) is 7.96. The van der Waals surface area contributed by atoms with E-state index >= 15 is 0 Å². The lowest BCUT2D eigenvalue weighted by Crippen LogP contribution is -2.50. The van der Waals surface area contributed by atoms with Gasteiger partial charge >= 0.3 is 0 Å². The lowest BCUT2D eigenvalue weighted by Gasteiger charge is -2.33. The van der Waals surface area contributed by atoms with Gasteiger partial charge in [-0.1, -0.05) is 36.4 Å². The van der Waals surface area contributed by atoms with Crippen molar-refractivity contribution in [3.8, 4) is 0 Å². The molecular weight excluding hydrogens is 504 g/mol. The quantitative estimate of drug-likeness (QED) is 0.372. The number of hydrogen-bond acceptors (Lipinski definition) is 9. The molecule has 11 nitrogen and oxygen atoms in total. The van der Waals surface area contributed by atoms with E-state index in [0.29, 0.717) is 55.2 Å². The van der Waals surface area contributed by atoms with Gasteiger partial charge in [0.1, 0.15) is 5.82 Å². The van der Waals surface area contributed by atoms with Gasteiger partial charge in [-0.25, -0.2) is 9.97 Å². The van der Waals surface area contributed by atoms with Crippen LogP contribution in [0.4, 0.5) is 17.5 Å². The number of benzene rings is 2. The number of carbonyl (C=O) groups is 1. The second kappa shape index (κ2) is 9.60. The maximum atomic E-state index is 14.4. The maximum Gasteiger partial charge on any atom is 0.281 e. The molecule has 2 aromatic heterocycles. The fraction of sp³-hybridized carbons (Fsp3) is 0.345. The molecule has 3 aliphatic rings. The molecule has 0 aliphatic carbocycles. The molecule has 1 saturated heterocycles. The smallest absolute Gasteiger partial charge is 0.281 e. The van der Waals surface area contributed by atoms with Gasteiger partial charge < -0.3 is 16.4 Å². The predicted octanol–water partition coefficient (Wildman–Crippen LogP) is 2.52. The van der Waals surface area contributed by atoms with E-state index in [1.807, 2.05) is 64.9 Å². The zero-order valence-electron chi connectivity index (χ0n) is 22.5. The summed E-state index contributed by atoms with van der Waals surface area (Å²) in [7, 11) is 0. The Balaban J connectivity index is 1.34. The first-order valence-corrected chi connectivity index (χ1v) is 13.8. The van der Waals surface area contributed by atoms with Crippen LogP contribution < -0.4 is 21.3 Å². The van der Waals surface area contributed by atoms with Crippen molar-refractivity contribution in [2.75, 3.05) is 41.7 Å². The van der Waals surface area contributed by atoms with Gasteiger partial charge in [-0.05, 0) is 37.5 Å². The monoisotopic (exact) mass is 536 g/mol. The molecule has 3 aliphatic heterocycles. The molecular formula is C29H32N10O. The van der Waals surface area contributed by atoms with Crippen molar-refractivity contribution in [2.45, 2.75) is 38.9 Å². The van der Waals surface area contributed by atoms with Gasteiger partial charge in [-0.15, -0.1) is 0 Å². The van der Waals surface area contributed by atoms with Crippen molar-refractivity contribution in [3.05, 3.63) is 71.3 Å². The highest BCUT2D eigenvalue weighted by atomic mass is 16.2. The molecule has 4 N–H and O–H groups in total. The van der Waals surface area contributed by atoms with Crippen LogP contribution in [0.3, 0.4) is 0 Å². The van der Waals surface area contributed by atoms with Crippen molar-refractivity contribution < 1.29 is 4.79 Å². The number of aryl methyl sites for hydroxylation is 1. The highest BCUT2D eigenvalue weighted by Crippen LogP contribution is 2.36. The first kappa shape index (κ1) is 24.5. The number of amides is 1. The van der Waals surface area contributed by atoms with E-state index < -0.39 is 0 Å². The summed E-state index contributed by atoms with van der Waals surface area (Å²) in [5.74, 6) is 2.37. The highest BCUT2D eigenvalue weighted by Gasteiger charge is 2.43. The average molecular weight is 537 g/mol. The van der Waals surface area contributed by atoms with Crippen LogP contribution in [0.1, 0.15) is 40.4 Å². The Bertz CT molecular complexity index is 1660. The summed E-state index contributed by atoms with van der Waals surface area (Å²) in [6, 6.07) is 15.7. The van der Waals surface area contributed by atoms with Crippen molar-refractivity contribution in [1.29, 1.82) is 0 Å². The maximum absolute atomic E-state index is 14.4. The standard InChI is InChI=1S/C29H32N10O/c1-18-21-9-3-5-11-23(21)34-24(33-18)17-39-27(40)25-26(37-14-12-32-28(37)39)35-29(36-13-6-8-20(30)16-36)38(25)15-19-7-2-4-10-22(19)31/h2-5,7,9-11,20H,6,8,12-17,30-31H2,1H3/t20-/m1/s1. The van der Waals surface area contributed by atoms with E-state index in [4.69, 9.17) is 31.4 Å². The molecule has 1 fully saturated rings. The Morgan fingerprint density at radius 1 is 1.00 bits per heavy atom. The molecule has 5 heterocycles. The molecule has 11 heteroatoms. The second-order valence-electron chi connectivity index (χ2n) is 10.7. The van der Waals surface area contributed by atoms with Gasteiger partial charge in [0, 0.05) is 42.4 Å². The van der Waals surface area contributed by atoms with Crippen LogP contribution in [-0.4, -0.2) is 68.5 Å². The molecule has 7 rings (SSSR count). The third kappa shape index (κ3) is 4.04. The van der Waals surface area contributed by atoms with Gasteiger partial charge in [0.25, 0.3) is 5.91 Å². The number of nitrogen functional groups attached to an aromatic ring is 1. The number of nitrogens with two attached hydrogens (primary N) is 2. The van der Waals surface area contributed by atoms with Crippen LogP contribution in [0.2, 0.25) is 0 Å². The molecule has 0 bridgehead atoms. The van der Waals surface area contributed by atoms with Crippen LogP contribution >= 0.6 is 0 Å². The topological polar surface area (TPSA) is 135 Å². The van der Waals surface area contributed by atoms with Crippen molar-refractivity contribution >= 4 is 40.2 Å². The van der Waals surface area contributed by atoms with Gasteiger partial charge in [-0.2, -0.15) is 4.98 Å². The number of aliphatic imine (C=N–C) groups is 1. The van der Waals surface area contributed by atoms with E-state index in [9.17, 15) is 4.79 Å². The van der Waals surface area contributed by atoms with E-state index in [2.05, 4.69) is 4.90 Å². The van der Waals surface area contributed by atoms with E-state index in [1.165, 1.54) is 0 Å². The third-order valence-corrected chi connectivity index (χ3v) is 7.96. The number of fused-ring (bicyclic) bond motifs is 4. The molecule has 4 aromatic rings. The number of para-hydroxylation sites is 2. The molecule has 2 aromatic carbocycles. The fourth-order valence-electron chi connectivity index (χ4n) is 5.99. The summed E-state index contributed by atoms with van der Waals surface area (Å²) < 4.78 is 2.01. The summed E-state index contributed by atoms with van der Waals surface area (Å²) in [5, 5.41) is 1.00. The summed E-state index contributed by atoms with van der Waals surface area (Å²) >= 11 is 0. The SMILES string of the molecule is Cc1nc(CN2C(=O)c3c(nc(N4CCC[C@@H](N)C4)n3Cc3ccccc3N)N3CCN=C23)nc2ccccc12. The number of guanidine groups is 1. The number of carbonyl (C=O) groups excluding carboxylic acids is 1. The number of hydrogen-bond donors (Lipinski definition) is 2. The summed E-state index contributed by atoms with van der Waals surface area (Å²) in [4.78, 5) is 39.7. The van der Waals surface area contributed by atoms with Gasteiger partial charge in [0.2, 0.25) is 11.9 Å². The number of aromatic nitrogens is 4.